The average molecular weight is 1170 g/mol. The summed E-state index contributed by atoms with van der Waals surface area (Å²) in [6, 6.07) is 20.6. The molecule has 0 unspecified atom stereocenters. The van der Waals surface area contributed by atoms with Crippen molar-refractivity contribution in [3.63, 3.8) is 0 Å². The Morgan fingerprint density at radius 3 is 1.05 bits per heavy atom. The molecule has 0 bridgehead atoms. The summed E-state index contributed by atoms with van der Waals surface area (Å²) in [4.78, 5) is 44.2. The minimum Gasteiger partial charge on any atom is -0.493 e. The number of alkyl halides is 6. The van der Waals surface area contributed by atoms with Crippen molar-refractivity contribution < 1.29 is 112 Å². The van der Waals surface area contributed by atoms with Crippen molar-refractivity contribution in [3.8, 4) is 46.0 Å². The maximum Gasteiger partial charge on any atom is 0.490 e. The van der Waals surface area contributed by atoms with Gasteiger partial charge in [0.25, 0.3) is 0 Å². The van der Waals surface area contributed by atoms with E-state index < -0.39 is 24.3 Å². The van der Waals surface area contributed by atoms with E-state index in [1.54, 1.807) is 56.9 Å². The Kier molecular flexibility index (Phi) is 25.1. The number of unbranched alkanes of at least 4 members (excludes halogenated alkanes) is 3. The fourth-order valence-corrected chi connectivity index (χ4v) is 10.1. The number of carbonyl (C=O) groups is 4. The number of hydrogen-bond donors (Lipinski definition) is 2. The number of hydrogen-bond acceptors (Lipinski definition) is 14. The lowest BCUT2D eigenvalue weighted by atomic mass is 9.86. The number of ether oxygens (including phenoxy) is 10. The Labute approximate surface area is 473 Å². The minimum atomic E-state index is -5.08. The van der Waals surface area contributed by atoms with Crippen LogP contribution in [-0.4, -0.2) is 166 Å². The van der Waals surface area contributed by atoms with E-state index in [0.29, 0.717) is 94.1 Å². The molecule has 82 heavy (non-hydrogen) atoms. The molecule has 0 fully saturated rings. The van der Waals surface area contributed by atoms with Crippen molar-refractivity contribution in [1.29, 1.82) is 0 Å². The summed E-state index contributed by atoms with van der Waals surface area (Å²) in [5, 5.41) is 14.2. The molecule has 0 spiro atoms. The van der Waals surface area contributed by atoms with E-state index in [9.17, 15) is 35.9 Å². The molecule has 18 nitrogen and oxygen atoms in total. The summed E-state index contributed by atoms with van der Waals surface area (Å²) in [6.45, 7) is 3.70. The number of methoxy groups -OCH3 is 8. The summed E-state index contributed by atoms with van der Waals surface area (Å²) < 4.78 is 121. The molecule has 2 aliphatic heterocycles. The number of esters is 2. The average Bonchev–Trinajstić information content (AvgIpc) is 2.33. The second-order valence-corrected chi connectivity index (χ2v) is 19.9. The molecule has 6 rings (SSSR count). The van der Waals surface area contributed by atoms with Crippen LogP contribution in [0.3, 0.4) is 0 Å². The van der Waals surface area contributed by atoms with Gasteiger partial charge in [-0.1, -0.05) is 12.1 Å². The van der Waals surface area contributed by atoms with Gasteiger partial charge in [-0.15, -0.1) is 0 Å². The third kappa shape index (κ3) is 18.6. The summed E-state index contributed by atoms with van der Waals surface area (Å²) >= 11 is 0. The molecule has 4 atom stereocenters. The first-order valence-electron chi connectivity index (χ1n) is 26.3. The van der Waals surface area contributed by atoms with Crippen LogP contribution in [0, 0.1) is 0 Å². The first-order chi connectivity index (χ1) is 38.7. The van der Waals surface area contributed by atoms with Gasteiger partial charge in [-0.25, -0.2) is 9.59 Å². The maximum absolute atomic E-state index is 13.2. The Bertz CT molecular complexity index is 2590. The number of carboxylic acid groups (broad SMARTS) is 2. The zero-order chi connectivity index (χ0) is 61.0. The van der Waals surface area contributed by atoms with E-state index in [1.807, 2.05) is 24.3 Å². The van der Waals surface area contributed by atoms with Crippen LogP contribution >= 0.6 is 0 Å². The number of carbonyl (C=O) groups excluding carboxylic acids is 2. The fraction of sp³-hybridized carbons (Fsp3) is 0.517. The third-order valence-electron chi connectivity index (χ3n) is 14.8. The molecule has 0 aliphatic carbocycles. The van der Waals surface area contributed by atoms with Crippen molar-refractivity contribution in [2.24, 2.45) is 0 Å². The van der Waals surface area contributed by atoms with Gasteiger partial charge in [0, 0.05) is 36.8 Å². The van der Waals surface area contributed by atoms with Crippen molar-refractivity contribution in [2.45, 2.75) is 88.6 Å². The molecule has 2 N–H and O–H groups in total. The van der Waals surface area contributed by atoms with Gasteiger partial charge in [-0.05, 0) is 96.5 Å². The topological polar surface area (TPSA) is 201 Å². The number of rotatable bonds is 25. The zero-order valence-electron chi connectivity index (χ0n) is 48.0. The lowest BCUT2D eigenvalue weighted by molar-refractivity contribution is -0.940. The van der Waals surface area contributed by atoms with Crippen LogP contribution in [0.25, 0.3) is 0 Å². The number of likely N-dealkylation sites (N-methyl/N-ethyl adjacent to an activating group) is 2. The Morgan fingerprint density at radius 2 is 0.756 bits per heavy atom. The molecular formula is C58H76F6N2O16+2. The van der Waals surface area contributed by atoms with Crippen molar-refractivity contribution >= 4 is 23.9 Å². The van der Waals surface area contributed by atoms with Crippen molar-refractivity contribution in [2.75, 3.05) is 110 Å². The molecule has 24 heteroatoms. The van der Waals surface area contributed by atoms with Gasteiger partial charge in [-0.2, -0.15) is 26.3 Å². The van der Waals surface area contributed by atoms with Crippen molar-refractivity contribution in [1.82, 2.24) is 0 Å². The number of fused-ring (bicyclic) bond motifs is 2. The number of halogens is 6. The highest BCUT2D eigenvalue weighted by Crippen LogP contribution is 2.45. The van der Waals surface area contributed by atoms with Crippen LogP contribution in [0.5, 0.6) is 46.0 Å². The predicted molar refractivity (Wildman–Crippen MR) is 287 cm³/mol. The van der Waals surface area contributed by atoms with Gasteiger partial charge in [0.1, 0.15) is 12.1 Å². The van der Waals surface area contributed by atoms with Crippen LogP contribution in [0.15, 0.2) is 60.7 Å². The Morgan fingerprint density at radius 1 is 0.463 bits per heavy atom. The first kappa shape index (κ1) is 67.2. The zero-order valence-corrected chi connectivity index (χ0v) is 48.0. The van der Waals surface area contributed by atoms with E-state index in [4.69, 9.17) is 67.2 Å². The third-order valence-corrected chi connectivity index (χ3v) is 14.8. The predicted octanol–water partition coefficient (Wildman–Crippen LogP) is 9.72. The number of quaternary nitrogens is 2. The highest BCUT2D eigenvalue weighted by Gasteiger charge is 2.43. The Balaban J connectivity index is 0.000000914. The number of aliphatic carboxylic acids is 2. The van der Waals surface area contributed by atoms with Crippen LogP contribution in [0.2, 0.25) is 0 Å². The fourth-order valence-electron chi connectivity index (χ4n) is 10.1. The Hall–Kier alpha value is -7.34. The van der Waals surface area contributed by atoms with Crippen LogP contribution in [0.1, 0.15) is 84.0 Å². The summed E-state index contributed by atoms with van der Waals surface area (Å²) in [7, 11) is 17.6. The van der Waals surface area contributed by atoms with Gasteiger partial charge in [0.15, 0.2) is 46.0 Å². The first-order valence-corrected chi connectivity index (χ1v) is 26.3. The van der Waals surface area contributed by atoms with Gasteiger partial charge in [0.2, 0.25) is 0 Å². The van der Waals surface area contributed by atoms with E-state index in [1.165, 1.54) is 22.3 Å². The molecule has 0 radical (unpaired) electrons. The number of nitrogens with zero attached hydrogens (tertiary/aromatic N) is 2. The molecule has 0 aromatic heterocycles. The minimum absolute atomic E-state index is 0.0484. The van der Waals surface area contributed by atoms with Crippen molar-refractivity contribution in [3.05, 3.63) is 94.0 Å². The highest BCUT2D eigenvalue weighted by molar-refractivity contribution is 5.73. The molecular weight excluding hydrogens is 1090 g/mol. The van der Waals surface area contributed by atoms with Gasteiger partial charge < -0.3 is 66.5 Å². The normalized spacial score (nSPS) is 18.0. The van der Waals surface area contributed by atoms with Crippen LogP contribution in [0.4, 0.5) is 26.3 Å². The van der Waals surface area contributed by atoms with E-state index in [-0.39, 0.29) is 24.0 Å². The number of carboxylic acids is 2. The molecule has 2 heterocycles. The molecule has 0 saturated heterocycles. The lowest BCUT2D eigenvalue weighted by Gasteiger charge is -2.46. The van der Waals surface area contributed by atoms with Crippen LogP contribution in [-0.2, 0) is 54.3 Å². The van der Waals surface area contributed by atoms with E-state index in [0.717, 1.165) is 75.6 Å². The van der Waals surface area contributed by atoms with E-state index in [2.05, 4.69) is 50.5 Å². The molecule has 454 valence electrons. The lowest BCUT2D eigenvalue weighted by Crippen LogP contribution is -2.53. The summed E-state index contributed by atoms with van der Waals surface area (Å²) in [6.07, 6.45) is -3.16. The second kappa shape index (κ2) is 30.6. The highest BCUT2D eigenvalue weighted by atomic mass is 19.4. The molecule has 0 amide bonds. The quantitative estimate of drug-likeness (QED) is 0.0275. The molecule has 4 aromatic rings. The van der Waals surface area contributed by atoms with Crippen LogP contribution < -0.4 is 37.9 Å². The maximum atomic E-state index is 13.2. The smallest absolute Gasteiger partial charge is 0.490 e. The van der Waals surface area contributed by atoms with Gasteiger partial charge in [-0.3, -0.25) is 9.59 Å². The summed E-state index contributed by atoms with van der Waals surface area (Å²) in [5.41, 5.74) is 7.04. The SMILES string of the molecule is COc1ccc(C[C@@H]2c3cc(OC)c(OC)cc3CC[N@+]2(C)CCC(=O)OCCCCCCOC(=O)CC[N@@+]2(C)CCc3cc(OC)c(OC)cc3[C@H]2Cc2ccc(OC)c(OC)c2)cc1OC.O=C(O)C(F)(F)F.O=C(O)C(F)(F)F. The monoisotopic (exact) mass is 1170 g/mol. The summed E-state index contributed by atoms with van der Waals surface area (Å²) in [5.74, 6) is -0.383. The van der Waals surface area contributed by atoms with Gasteiger partial charge >= 0.3 is 36.2 Å². The molecule has 2 aliphatic rings. The standard InChI is InChI=1S/C54H74N2O12.2C2HF3O2/c1-55(23-19-39-33-49(63-7)51(65-9)35-41(39)43(55)29-37-15-17-45(59-3)47(31-37)61-5)25-21-53(57)67-27-13-11-12-14-28-68-54(58)22-26-56(2)24-20-40-34-50(64-8)52(66-10)36-42(40)44(56)30-38-16-18-46(60-4)48(32-38)62-6;2*3-2(4,5)1(6)7/h15-18,31-36,43-44H,11-14,19-30H2,1-10H3;2*(H,6,7)/q+2;;/t43-,44-,55-,56-;;/m1../s1. The number of benzene rings is 4. The molecule has 4 aromatic carbocycles. The largest absolute Gasteiger partial charge is 0.493 e. The van der Waals surface area contributed by atoms with E-state index >= 15 is 0 Å². The second-order valence-electron chi connectivity index (χ2n) is 19.9. The molecule has 0 saturated carbocycles. The van der Waals surface area contributed by atoms with Gasteiger partial charge in [0.05, 0.1) is 123 Å².